The van der Waals surface area contributed by atoms with E-state index in [4.69, 9.17) is 11.3 Å². The minimum atomic E-state index is 0.564. The molecular weight excluding hydrogens is 162 g/mol. The van der Waals surface area contributed by atoms with E-state index in [9.17, 15) is 0 Å². The van der Waals surface area contributed by atoms with E-state index in [0.717, 1.165) is 17.0 Å². The summed E-state index contributed by atoms with van der Waals surface area (Å²) in [5, 5.41) is 0. The number of fused-ring (bicyclic) bond motifs is 1. The maximum absolute atomic E-state index is 5.27. The Balaban J connectivity index is 2.34. The highest BCUT2D eigenvalue weighted by Gasteiger charge is 2.08. The molecule has 0 bridgehead atoms. The summed E-state index contributed by atoms with van der Waals surface area (Å²) in [4.78, 5) is 5.27. The predicted molar refractivity (Wildman–Crippen MR) is 51.6 cm³/mol. The van der Waals surface area contributed by atoms with Crippen LogP contribution in [-0.2, 0) is 0 Å². The van der Waals surface area contributed by atoms with Crippen molar-refractivity contribution in [3.8, 4) is 18.1 Å². The third-order valence-corrected chi connectivity index (χ3v) is 1.83. The number of hydrogen-bond acceptors (Lipinski definition) is 2. The standard InChI is InChI=1S/C11H9NO/c1-2-5-10-8-9-6-3-4-7-11(9)13-12-10/h1,3-4,6-8,12H,5H2. The molecule has 0 aliphatic carbocycles. The third-order valence-electron chi connectivity index (χ3n) is 1.83. The minimum absolute atomic E-state index is 0.564. The highest BCUT2D eigenvalue weighted by molar-refractivity contribution is 5.61. The van der Waals surface area contributed by atoms with E-state index in [1.54, 1.807) is 0 Å². The van der Waals surface area contributed by atoms with Gasteiger partial charge in [0, 0.05) is 5.56 Å². The maximum atomic E-state index is 5.27. The summed E-state index contributed by atoms with van der Waals surface area (Å²) in [6.45, 7) is 0. The number of nitrogens with one attached hydrogen (secondary N) is 1. The van der Waals surface area contributed by atoms with Crippen LogP contribution in [0.25, 0.3) is 6.08 Å². The summed E-state index contributed by atoms with van der Waals surface area (Å²) >= 11 is 0. The number of rotatable bonds is 1. The summed E-state index contributed by atoms with van der Waals surface area (Å²) < 4.78 is 0. The number of hydrogen-bond donors (Lipinski definition) is 1. The monoisotopic (exact) mass is 171 g/mol. The molecule has 1 aromatic carbocycles. The van der Waals surface area contributed by atoms with Crippen molar-refractivity contribution in [1.29, 1.82) is 0 Å². The SMILES string of the molecule is C#CCC1=Cc2ccccc2ON1. The van der Waals surface area contributed by atoms with Gasteiger partial charge in [0.15, 0.2) is 5.75 Å². The molecule has 0 saturated heterocycles. The van der Waals surface area contributed by atoms with Gasteiger partial charge < -0.3 is 4.84 Å². The summed E-state index contributed by atoms with van der Waals surface area (Å²) in [6.07, 6.45) is 7.76. The van der Waals surface area contributed by atoms with Crippen LogP contribution in [0.1, 0.15) is 12.0 Å². The van der Waals surface area contributed by atoms with Crippen LogP contribution in [0, 0.1) is 12.3 Å². The first-order valence-corrected chi connectivity index (χ1v) is 4.06. The normalized spacial score (nSPS) is 13.0. The minimum Gasteiger partial charge on any atom is -0.382 e. The van der Waals surface area contributed by atoms with Crippen molar-refractivity contribution in [3.63, 3.8) is 0 Å². The first kappa shape index (κ1) is 7.75. The molecule has 1 aliphatic heterocycles. The molecule has 0 amide bonds. The second kappa shape index (κ2) is 3.24. The van der Waals surface area contributed by atoms with E-state index in [2.05, 4.69) is 11.4 Å². The van der Waals surface area contributed by atoms with E-state index < -0.39 is 0 Å². The van der Waals surface area contributed by atoms with Gasteiger partial charge in [0.25, 0.3) is 0 Å². The molecule has 13 heavy (non-hydrogen) atoms. The molecular formula is C11H9NO. The molecule has 0 unspecified atom stereocenters. The van der Waals surface area contributed by atoms with Gasteiger partial charge in [-0.2, -0.15) is 0 Å². The van der Waals surface area contributed by atoms with Gasteiger partial charge in [-0.05, 0) is 12.1 Å². The van der Waals surface area contributed by atoms with Crippen LogP contribution in [0.4, 0.5) is 0 Å². The zero-order valence-electron chi connectivity index (χ0n) is 7.08. The quantitative estimate of drug-likeness (QED) is 0.652. The van der Waals surface area contributed by atoms with Crippen molar-refractivity contribution < 1.29 is 4.84 Å². The average Bonchev–Trinajstić information content (AvgIpc) is 2.18. The molecule has 2 heteroatoms. The van der Waals surface area contributed by atoms with Crippen molar-refractivity contribution in [1.82, 2.24) is 5.48 Å². The lowest BCUT2D eigenvalue weighted by molar-refractivity contribution is 0.223. The highest BCUT2D eigenvalue weighted by Crippen LogP contribution is 2.23. The van der Waals surface area contributed by atoms with Crippen molar-refractivity contribution in [2.24, 2.45) is 0 Å². The van der Waals surface area contributed by atoms with Crippen molar-refractivity contribution >= 4 is 6.08 Å². The smallest absolute Gasteiger partial charge is 0.162 e. The lowest BCUT2D eigenvalue weighted by Crippen LogP contribution is -2.21. The van der Waals surface area contributed by atoms with Crippen molar-refractivity contribution in [2.45, 2.75) is 6.42 Å². The van der Waals surface area contributed by atoms with Gasteiger partial charge in [-0.1, -0.05) is 18.2 Å². The van der Waals surface area contributed by atoms with Crippen molar-refractivity contribution in [2.75, 3.05) is 0 Å². The van der Waals surface area contributed by atoms with Crippen LogP contribution in [-0.4, -0.2) is 0 Å². The molecule has 1 heterocycles. The number of benzene rings is 1. The Morgan fingerprint density at radius 1 is 1.38 bits per heavy atom. The topological polar surface area (TPSA) is 21.3 Å². The van der Waals surface area contributed by atoms with Gasteiger partial charge in [-0.25, -0.2) is 5.48 Å². The summed E-state index contributed by atoms with van der Waals surface area (Å²) in [6, 6.07) is 7.80. The Hall–Kier alpha value is -1.88. The largest absolute Gasteiger partial charge is 0.382 e. The van der Waals surface area contributed by atoms with Crippen LogP contribution >= 0.6 is 0 Å². The van der Waals surface area contributed by atoms with Crippen LogP contribution in [0.5, 0.6) is 5.75 Å². The van der Waals surface area contributed by atoms with Gasteiger partial charge in [0.2, 0.25) is 0 Å². The first-order valence-electron chi connectivity index (χ1n) is 4.06. The molecule has 64 valence electrons. The Morgan fingerprint density at radius 2 is 2.23 bits per heavy atom. The van der Waals surface area contributed by atoms with Gasteiger partial charge in [0.1, 0.15) is 0 Å². The highest BCUT2D eigenvalue weighted by atomic mass is 16.6. The first-order chi connectivity index (χ1) is 6.40. The second-order valence-corrected chi connectivity index (χ2v) is 2.79. The summed E-state index contributed by atoms with van der Waals surface area (Å²) in [7, 11) is 0. The molecule has 0 aromatic heterocycles. The fourth-order valence-electron chi connectivity index (χ4n) is 1.23. The molecule has 1 aromatic rings. The van der Waals surface area contributed by atoms with E-state index in [1.807, 2.05) is 30.3 Å². The second-order valence-electron chi connectivity index (χ2n) is 2.79. The Kier molecular flexibility index (Phi) is 1.93. The molecule has 0 fully saturated rings. The summed E-state index contributed by atoms with van der Waals surface area (Å²) in [5.41, 5.74) is 4.77. The molecule has 0 radical (unpaired) electrons. The zero-order valence-corrected chi connectivity index (χ0v) is 7.08. The average molecular weight is 171 g/mol. The number of allylic oxidation sites excluding steroid dienone is 1. The van der Waals surface area contributed by atoms with Gasteiger partial charge in [-0.15, -0.1) is 12.3 Å². The number of terminal acetylenes is 1. The molecule has 1 N–H and O–H groups in total. The van der Waals surface area contributed by atoms with Crippen molar-refractivity contribution in [3.05, 3.63) is 35.5 Å². The van der Waals surface area contributed by atoms with Crippen LogP contribution in [0.2, 0.25) is 0 Å². The molecule has 0 saturated carbocycles. The zero-order chi connectivity index (χ0) is 9.10. The molecule has 2 rings (SSSR count). The third kappa shape index (κ3) is 1.50. The van der Waals surface area contributed by atoms with Gasteiger partial charge in [-0.3, -0.25) is 0 Å². The number of para-hydroxylation sites is 1. The predicted octanol–water partition coefficient (Wildman–Crippen LogP) is 1.95. The van der Waals surface area contributed by atoms with E-state index >= 15 is 0 Å². The van der Waals surface area contributed by atoms with Crippen LogP contribution < -0.4 is 10.3 Å². The lowest BCUT2D eigenvalue weighted by atomic mass is 10.1. The maximum Gasteiger partial charge on any atom is 0.162 e. The fourth-order valence-corrected chi connectivity index (χ4v) is 1.23. The van der Waals surface area contributed by atoms with Gasteiger partial charge in [0.05, 0.1) is 12.1 Å². The lowest BCUT2D eigenvalue weighted by Gasteiger charge is -2.17. The number of hydroxylamine groups is 1. The van der Waals surface area contributed by atoms with Crippen LogP contribution in [0.15, 0.2) is 30.0 Å². The molecule has 0 spiro atoms. The Morgan fingerprint density at radius 3 is 3.08 bits per heavy atom. The molecule has 0 atom stereocenters. The molecule has 2 nitrogen and oxygen atoms in total. The molecule has 1 aliphatic rings. The van der Waals surface area contributed by atoms with E-state index in [0.29, 0.717) is 6.42 Å². The van der Waals surface area contributed by atoms with E-state index in [1.165, 1.54) is 0 Å². The van der Waals surface area contributed by atoms with Gasteiger partial charge >= 0.3 is 0 Å². The Labute approximate surface area is 77.2 Å². The Bertz CT molecular complexity index is 387. The van der Waals surface area contributed by atoms with E-state index in [-0.39, 0.29) is 0 Å². The fraction of sp³-hybridized carbons (Fsp3) is 0.0909. The van der Waals surface area contributed by atoms with Crippen LogP contribution in [0.3, 0.4) is 0 Å². The summed E-state index contributed by atoms with van der Waals surface area (Å²) in [5.74, 6) is 3.39.